The van der Waals surface area contributed by atoms with Crippen LogP contribution in [0.2, 0.25) is 0 Å². The van der Waals surface area contributed by atoms with Crippen LogP contribution in [0.25, 0.3) is 0 Å². The van der Waals surface area contributed by atoms with Gasteiger partial charge in [-0.25, -0.2) is 9.59 Å². The molecule has 0 aliphatic rings. The number of anilines is 1. The van der Waals surface area contributed by atoms with Gasteiger partial charge in [0.05, 0.1) is 0 Å². The van der Waals surface area contributed by atoms with Gasteiger partial charge in [0.25, 0.3) is 0 Å². The Bertz CT molecular complexity index is 468. The van der Waals surface area contributed by atoms with E-state index in [4.69, 9.17) is 5.11 Å². The summed E-state index contributed by atoms with van der Waals surface area (Å²) in [6.07, 6.45) is 1.65. The maximum Gasteiger partial charge on any atom is 0.326 e. The van der Waals surface area contributed by atoms with E-state index in [2.05, 4.69) is 11.9 Å². The lowest BCUT2D eigenvalue weighted by atomic mass is 10.2. The molecule has 1 aromatic carbocycles. The van der Waals surface area contributed by atoms with Crippen molar-refractivity contribution in [2.45, 2.75) is 19.4 Å². The number of urea groups is 1. The van der Waals surface area contributed by atoms with Crippen molar-refractivity contribution in [3.8, 4) is 0 Å². The first-order valence-electron chi connectivity index (χ1n) is 5.90. The Morgan fingerprint density at radius 2 is 2.00 bits per heavy atom. The van der Waals surface area contributed by atoms with Crippen molar-refractivity contribution >= 4 is 17.7 Å². The van der Waals surface area contributed by atoms with Gasteiger partial charge in [-0.3, -0.25) is 4.90 Å². The first-order chi connectivity index (χ1) is 8.95. The molecule has 102 valence electrons. The van der Waals surface area contributed by atoms with E-state index in [0.29, 0.717) is 5.69 Å². The zero-order valence-corrected chi connectivity index (χ0v) is 11.1. The average molecular weight is 262 g/mol. The highest BCUT2D eigenvalue weighted by Gasteiger charge is 2.20. The van der Waals surface area contributed by atoms with Crippen LogP contribution in [-0.2, 0) is 4.79 Å². The van der Waals surface area contributed by atoms with E-state index in [9.17, 15) is 9.59 Å². The van der Waals surface area contributed by atoms with Crippen LogP contribution in [0.5, 0.6) is 0 Å². The Morgan fingerprint density at radius 3 is 2.47 bits per heavy atom. The van der Waals surface area contributed by atoms with Gasteiger partial charge in [-0.2, -0.15) is 0 Å². The Balaban J connectivity index is 2.73. The van der Waals surface area contributed by atoms with Gasteiger partial charge in [-0.05, 0) is 25.5 Å². The molecule has 2 amide bonds. The number of aryl methyl sites for hydroxylation is 1. The van der Waals surface area contributed by atoms with Crippen molar-refractivity contribution in [3.05, 3.63) is 42.5 Å². The number of carboxylic acids is 1. The minimum Gasteiger partial charge on any atom is -0.480 e. The van der Waals surface area contributed by atoms with Gasteiger partial charge in [0.1, 0.15) is 6.04 Å². The van der Waals surface area contributed by atoms with Crippen molar-refractivity contribution in [3.63, 3.8) is 0 Å². The van der Waals surface area contributed by atoms with Crippen LogP contribution in [0, 0.1) is 6.92 Å². The first-order valence-corrected chi connectivity index (χ1v) is 5.90. The van der Waals surface area contributed by atoms with Crippen molar-refractivity contribution in [1.82, 2.24) is 5.32 Å². The second kappa shape index (κ2) is 6.58. The van der Waals surface area contributed by atoms with Gasteiger partial charge in [0.15, 0.2) is 0 Å². The third kappa shape index (κ3) is 4.13. The average Bonchev–Trinajstić information content (AvgIpc) is 2.38. The highest BCUT2D eigenvalue weighted by Crippen LogP contribution is 2.13. The number of carbonyl (C=O) groups excluding carboxylic acids is 1. The summed E-state index contributed by atoms with van der Waals surface area (Å²) in [6.45, 7) is 5.43. The van der Waals surface area contributed by atoms with Crippen LogP contribution in [0.3, 0.4) is 0 Å². The van der Waals surface area contributed by atoms with Crippen LogP contribution < -0.4 is 10.2 Å². The summed E-state index contributed by atoms with van der Waals surface area (Å²) >= 11 is 0. The SMILES string of the molecule is C=CCC(NC(=O)N(C)c1ccc(C)cc1)C(=O)O. The normalized spacial score (nSPS) is 11.5. The summed E-state index contributed by atoms with van der Waals surface area (Å²) in [5.41, 5.74) is 1.79. The Labute approximate surface area is 112 Å². The van der Waals surface area contributed by atoms with Crippen molar-refractivity contribution in [2.24, 2.45) is 0 Å². The zero-order valence-electron chi connectivity index (χ0n) is 11.1. The molecule has 0 radical (unpaired) electrons. The fraction of sp³-hybridized carbons (Fsp3) is 0.286. The number of carbonyl (C=O) groups is 2. The van der Waals surface area contributed by atoms with Crippen LogP contribution in [-0.4, -0.2) is 30.2 Å². The number of nitrogens with one attached hydrogen (secondary N) is 1. The van der Waals surface area contributed by atoms with E-state index >= 15 is 0 Å². The van der Waals surface area contributed by atoms with E-state index < -0.39 is 18.0 Å². The number of hydrogen-bond donors (Lipinski definition) is 2. The van der Waals surface area contributed by atoms with Gasteiger partial charge >= 0.3 is 12.0 Å². The van der Waals surface area contributed by atoms with E-state index in [1.807, 2.05) is 19.1 Å². The fourth-order valence-corrected chi connectivity index (χ4v) is 1.52. The Hall–Kier alpha value is -2.30. The molecular formula is C14H18N2O3. The van der Waals surface area contributed by atoms with Crippen molar-refractivity contribution < 1.29 is 14.7 Å². The maximum atomic E-state index is 11.9. The molecule has 2 N–H and O–H groups in total. The van der Waals surface area contributed by atoms with Crippen LogP contribution >= 0.6 is 0 Å². The second-order valence-corrected chi connectivity index (χ2v) is 4.26. The Kier molecular flexibility index (Phi) is 5.11. The summed E-state index contributed by atoms with van der Waals surface area (Å²) in [5.74, 6) is -1.08. The minimum atomic E-state index is -1.08. The van der Waals surface area contributed by atoms with Crippen LogP contribution in [0.1, 0.15) is 12.0 Å². The molecule has 0 bridgehead atoms. The van der Waals surface area contributed by atoms with E-state index in [1.165, 1.54) is 11.0 Å². The molecule has 1 rings (SSSR count). The molecule has 0 aliphatic heterocycles. The highest BCUT2D eigenvalue weighted by molar-refractivity contribution is 5.94. The van der Waals surface area contributed by atoms with Gasteiger partial charge in [-0.15, -0.1) is 6.58 Å². The molecule has 0 spiro atoms. The fourth-order valence-electron chi connectivity index (χ4n) is 1.52. The standard InChI is InChI=1S/C14H18N2O3/c1-4-5-12(13(17)18)15-14(19)16(3)11-8-6-10(2)7-9-11/h4,6-9,12H,1,5H2,2-3H3,(H,15,19)(H,17,18). The molecule has 0 aliphatic carbocycles. The van der Waals surface area contributed by atoms with Crippen LogP contribution in [0.4, 0.5) is 10.5 Å². The third-order valence-corrected chi connectivity index (χ3v) is 2.72. The lowest BCUT2D eigenvalue weighted by molar-refractivity contribution is -0.139. The summed E-state index contributed by atoms with van der Waals surface area (Å²) in [7, 11) is 1.59. The van der Waals surface area contributed by atoms with Gasteiger partial charge in [-0.1, -0.05) is 23.8 Å². The number of amides is 2. The smallest absolute Gasteiger partial charge is 0.326 e. The zero-order chi connectivity index (χ0) is 14.4. The number of nitrogens with zero attached hydrogens (tertiary/aromatic N) is 1. The molecular weight excluding hydrogens is 244 g/mol. The van der Waals surface area contributed by atoms with E-state index in [0.717, 1.165) is 5.56 Å². The number of rotatable bonds is 5. The largest absolute Gasteiger partial charge is 0.480 e. The molecule has 0 heterocycles. The molecule has 1 unspecified atom stereocenters. The maximum absolute atomic E-state index is 11.9. The van der Waals surface area contributed by atoms with Gasteiger partial charge < -0.3 is 10.4 Å². The first kappa shape index (κ1) is 14.8. The molecule has 1 atom stereocenters. The summed E-state index contributed by atoms with van der Waals surface area (Å²) in [4.78, 5) is 24.3. The predicted octanol–water partition coefficient (Wildman–Crippen LogP) is 2.17. The number of benzene rings is 1. The van der Waals surface area contributed by atoms with E-state index in [1.54, 1.807) is 19.2 Å². The summed E-state index contributed by atoms with van der Waals surface area (Å²) in [5, 5.41) is 11.4. The second-order valence-electron chi connectivity index (χ2n) is 4.26. The monoisotopic (exact) mass is 262 g/mol. The molecule has 0 fully saturated rings. The van der Waals surface area contributed by atoms with E-state index in [-0.39, 0.29) is 6.42 Å². The molecule has 0 saturated heterocycles. The number of carboxylic acid groups (broad SMARTS) is 1. The van der Waals surface area contributed by atoms with Gasteiger partial charge in [0, 0.05) is 12.7 Å². The lowest BCUT2D eigenvalue weighted by Gasteiger charge is -2.21. The van der Waals surface area contributed by atoms with Crippen LogP contribution in [0.15, 0.2) is 36.9 Å². The van der Waals surface area contributed by atoms with Gasteiger partial charge in [0.2, 0.25) is 0 Å². The van der Waals surface area contributed by atoms with Crippen molar-refractivity contribution in [2.75, 3.05) is 11.9 Å². The molecule has 0 aromatic heterocycles. The number of hydrogen-bond acceptors (Lipinski definition) is 2. The number of aliphatic carboxylic acids is 1. The lowest BCUT2D eigenvalue weighted by Crippen LogP contribution is -2.46. The predicted molar refractivity (Wildman–Crippen MR) is 74.4 cm³/mol. The topological polar surface area (TPSA) is 69.6 Å². The molecule has 1 aromatic rings. The molecule has 0 saturated carbocycles. The summed E-state index contributed by atoms with van der Waals surface area (Å²) < 4.78 is 0. The van der Waals surface area contributed by atoms with Crippen molar-refractivity contribution in [1.29, 1.82) is 0 Å². The molecule has 5 heteroatoms. The molecule has 5 nitrogen and oxygen atoms in total. The Morgan fingerprint density at radius 1 is 1.42 bits per heavy atom. The third-order valence-electron chi connectivity index (χ3n) is 2.72. The molecule has 19 heavy (non-hydrogen) atoms. The summed E-state index contributed by atoms with van der Waals surface area (Å²) in [6, 6.07) is 5.96. The quantitative estimate of drug-likeness (QED) is 0.799. The highest BCUT2D eigenvalue weighted by atomic mass is 16.4. The minimum absolute atomic E-state index is 0.183.